The van der Waals surface area contributed by atoms with E-state index in [1.54, 1.807) is 30.3 Å². The lowest BCUT2D eigenvalue weighted by Gasteiger charge is -2.12. The summed E-state index contributed by atoms with van der Waals surface area (Å²) in [6.07, 6.45) is 2.40. The number of nitrogens with one attached hydrogen (secondary N) is 1. The topological polar surface area (TPSA) is 69.2 Å². The summed E-state index contributed by atoms with van der Waals surface area (Å²) in [5.41, 5.74) is 4.46. The van der Waals surface area contributed by atoms with E-state index in [4.69, 9.17) is 37.4 Å². The van der Waals surface area contributed by atoms with Crippen LogP contribution in [0, 0.1) is 0 Å². The van der Waals surface area contributed by atoms with Gasteiger partial charge >= 0.3 is 0 Å². The molecule has 1 N–H and O–H groups in total. The first-order chi connectivity index (χ1) is 16.8. The predicted molar refractivity (Wildman–Crippen MR) is 146 cm³/mol. The largest absolute Gasteiger partial charge is 0.493 e. The van der Waals surface area contributed by atoms with E-state index in [0.29, 0.717) is 48.4 Å². The molecule has 6 nitrogen and oxygen atoms in total. The number of nitrogens with zero attached hydrogens (tertiary/aromatic N) is 1. The second kappa shape index (κ2) is 13.2. The summed E-state index contributed by atoms with van der Waals surface area (Å²) in [6.45, 7) is 2.85. The Morgan fingerprint density at radius 1 is 1.03 bits per heavy atom. The van der Waals surface area contributed by atoms with Crippen LogP contribution >= 0.6 is 55.1 Å². The average molecular weight is 645 g/mol. The van der Waals surface area contributed by atoms with Crippen molar-refractivity contribution in [2.24, 2.45) is 5.10 Å². The lowest BCUT2D eigenvalue weighted by Crippen LogP contribution is -2.17. The maximum absolute atomic E-state index is 12.5. The predicted octanol–water partition coefficient (Wildman–Crippen LogP) is 7.66. The van der Waals surface area contributed by atoms with Crippen molar-refractivity contribution in [3.63, 3.8) is 0 Å². The van der Waals surface area contributed by atoms with E-state index >= 15 is 0 Å². The van der Waals surface area contributed by atoms with Crippen LogP contribution in [0.25, 0.3) is 0 Å². The molecule has 3 rings (SSSR count). The summed E-state index contributed by atoms with van der Waals surface area (Å²) in [7, 11) is 1.53. The molecule has 0 radical (unpaired) electrons. The first-order valence-electron chi connectivity index (χ1n) is 10.5. The molecule has 184 valence electrons. The van der Waals surface area contributed by atoms with Crippen molar-refractivity contribution in [2.45, 2.75) is 20.0 Å². The molecule has 35 heavy (non-hydrogen) atoms. The highest BCUT2D eigenvalue weighted by Crippen LogP contribution is 2.35. The molecular weight excluding hydrogens is 623 g/mol. The zero-order valence-electron chi connectivity index (χ0n) is 18.9. The molecule has 0 spiro atoms. The Kier molecular flexibility index (Phi) is 10.3. The number of amides is 1. The van der Waals surface area contributed by atoms with Crippen molar-refractivity contribution < 1.29 is 19.0 Å². The van der Waals surface area contributed by atoms with Crippen molar-refractivity contribution in [1.29, 1.82) is 0 Å². The van der Waals surface area contributed by atoms with Gasteiger partial charge < -0.3 is 14.2 Å². The zero-order valence-corrected chi connectivity index (χ0v) is 23.6. The fourth-order valence-electron chi connectivity index (χ4n) is 2.95. The minimum Gasteiger partial charge on any atom is -0.493 e. The van der Waals surface area contributed by atoms with Crippen LogP contribution in [-0.2, 0) is 6.61 Å². The Labute approximate surface area is 230 Å². The molecular formula is C25H22Br2Cl2N2O4. The number of ether oxygens (including phenoxy) is 3. The standard InChI is InChI=1S/C25H22Br2Cl2N2O4/c1-3-8-34-22-7-5-16(11-23(22)33-2)25(32)31-30-13-15-9-19(26)24(20(27)10-15)35-14-17-4-6-18(28)12-21(17)29/h4-7,9-13H,3,8,14H2,1-2H3,(H,31,32)/b30-13+. The summed E-state index contributed by atoms with van der Waals surface area (Å²) in [5.74, 6) is 1.30. The summed E-state index contributed by atoms with van der Waals surface area (Å²) in [6, 6.07) is 13.9. The number of carbonyl (C=O) groups excluding carboxylic acids is 1. The molecule has 10 heteroatoms. The van der Waals surface area contributed by atoms with Gasteiger partial charge in [0.25, 0.3) is 5.91 Å². The molecule has 1 amide bonds. The van der Waals surface area contributed by atoms with Gasteiger partial charge in [-0.05, 0) is 86.3 Å². The number of carbonyl (C=O) groups is 1. The van der Waals surface area contributed by atoms with Crippen LogP contribution < -0.4 is 19.6 Å². The van der Waals surface area contributed by atoms with Crippen LogP contribution in [0.15, 0.2) is 62.6 Å². The third-order valence-corrected chi connectivity index (χ3v) is 6.44. The van der Waals surface area contributed by atoms with Gasteiger partial charge in [-0.25, -0.2) is 5.43 Å². The number of hydrogen-bond donors (Lipinski definition) is 1. The number of hydrazone groups is 1. The Morgan fingerprint density at radius 3 is 2.43 bits per heavy atom. The zero-order chi connectivity index (χ0) is 25.4. The Bertz CT molecular complexity index is 1220. The maximum atomic E-state index is 12.5. The molecule has 0 bridgehead atoms. The summed E-state index contributed by atoms with van der Waals surface area (Å²) in [5, 5.41) is 5.16. The molecule has 0 unspecified atom stereocenters. The molecule has 0 saturated carbocycles. The monoisotopic (exact) mass is 642 g/mol. The second-order valence-electron chi connectivity index (χ2n) is 7.25. The van der Waals surface area contributed by atoms with Crippen LogP contribution in [0.2, 0.25) is 10.0 Å². The van der Waals surface area contributed by atoms with Gasteiger partial charge in [-0.3, -0.25) is 4.79 Å². The molecule has 0 heterocycles. The second-order valence-corrected chi connectivity index (χ2v) is 9.80. The van der Waals surface area contributed by atoms with E-state index in [2.05, 4.69) is 42.4 Å². The molecule has 0 aromatic heterocycles. The molecule has 0 aliphatic heterocycles. The van der Waals surface area contributed by atoms with E-state index in [9.17, 15) is 4.79 Å². The highest BCUT2D eigenvalue weighted by molar-refractivity contribution is 9.11. The van der Waals surface area contributed by atoms with Crippen molar-refractivity contribution in [3.05, 3.63) is 84.2 Å². The van der Waals surface area contributed by atoms with Crippen LogP contribution in [0.3, 0.4) is 0 Å². The molecule has 0 saturated heterocycles. The van der Waals surface area contributed by atoms with Gasteiger partial charge in [-0.15, -0.1) is 0 Å². The van der Waals surface area contributed by atoms with Gasteiger partial charge in [0.05, 0.1) is 28.9 Å². The number of methoxy groups -OCH3 is 1. The number of rotatable bonds is 10. The Morgan fingerprint density at radius 2 is 1.77 bits per heavy atom. The SMILES string of the molecule is CCCOc1ccc(C(=O)N/N=C/c2cc(Br)c(OCc3ccc(Cl)cc3Cl)c(Br)c2)cc1OC. The highest BCUT2D eigenvalue weighted by atomic mass is 79.9. The van der Waals surface area contributed by atoms with Crippen LogP contribution in [0.4, 0.5) is 0 Å². The first-order valence-corrected chi connectivity index (χ1v) is 12.9. The van der Waals surface area contributed by atoms with E-state index < -0.39 is 0 Å². The van der Waals surface area contributed by atoms with Crippen LogP contribution in [0.5, 0.6) is 17.2 Å². The van der Waals surface area contributed by atoms with E-state index in [0.717, 1.165) is 17.5 Å². The van der Waals surface area contributed by atoms with Gasteiger partial charge in [0.15, 0.2) is 11.5 Å². The fraction of sp³-hybridized carbons (Fsp3) is 0.200. The van der Waals surface area contributed by atoms with E-state index in [1.165, 1.54) is 13.3 Å². The van der Waals surface area contributed by atoms with E-state index in [1.807, 2.05) is 25.1 Å². The lowest BCUT2D eigenvalue weighted by molar-refractivity contribution is 0.0954. The van der Waals surface area contributed by atoms with Crippen LogP contribution in [0.1, 0.15) is 34.8 Å². The van der Waals surface area contributed by atoms with Gasteiger partial charge in [-0.1, -0.05) is 36.2 Å². The molecule has 0 atom stereocenters. The summed E-state index contributed by atoms with van der Waals surface area (Å²) < 4.78 is 18.3. The molecule has 0 aliphatic carbocycles. The lowest BCUT2D eigenvalue weighted by atomic mass is 10.2. The smallest absolute Gasteiger partial charge is 0.271 e. The summed E-state index contributed by atoms with van der Waals surface area (Å²) in [4.78, 5) is 12.5. The minimum atomic E-state index is -0.375. The van der Waals surface area contributed by atoms with Crippen LogP contribution in [-0.4, -0.2) is 25.8 Å². The van der Waals surface area contributed by atoms with Gasteiger partial charge in [0.2, 0.25) is 0 Å². The Balaban J connectivity index is 1.64. The van der Waals surface area contributed by atoms with Crippen molar-refractivity contribution in [3.8, 4) is 17.2 Å². The van der Waals surface area contributed by atoms with Gasteiger partial charge in [-0.2, -0.15) is 5.10 Å². The minimum absolute atomic E-state index is 0.266. The number of benzene rings is 3. The van der Waals surface area contributed by atoms with Gasteiger partial charge in [0.1, 0.15) is 12.4 Å². The Hall–Kier alpha value is -2.26. The molecule has 3 aromatic carbocycles. The van der Waals surface area contributed by atoms with Crippen molar-refractivity contribution >= 4 is 67.2 Å². The molecule has 3 aromatic rings. The normalized spacial score (nSPS) is 10.9. The molecule has 0 aliphatic rings. The summed E-state index contributed by atoms with van der Waals surface area (Å²) >= 11 is 19.2. The highest BCUT2D eigenvalue weighted by Gasteiger charge is 2.12. The maximum Gasteiger partial charge on any atom is 0.271 e. The van der Waals surface area contributed by atoms with Gasteiger partial charge in [0, 0.05) is 21.2 Å². The third kappa shape index (κ3) is 7.61. The average Bonchev–Trinajstić information content (AvgIpc) is 2.83. The number of hydrogen-bond acceptors (Lipinski definition) is 5. The third-order valence-electron chi connectivity index (χ3n) is 4.67. The quantitative estimate of drug-likeness (QED) is 0.182. The van der Waals surface area contributed by atoms with Crippen molar-refractivity contribution in [1.82, 2.24) is 5.43 Å². The fourth-order valence-corrected chi connectivity index (χ4v) is 4.86. The molecule has 0 fully saturated rings. The number of halogens is 4. The van der Waals surface area contributed by atoms with E-state index in [-0.39, 0.29) is 12.5 Å². The first kappa shape index (κ1) is 27.3. The van der Waals surface area contributed by atoms with Crippen molar-refractivity contribution in [2.75, 3.05) is 13.7 Å².